The van der Waals surface area contributed by atoms with Crippen molar-refractivity contribution < 1.29 is 9.84 Å². The molecule has 3 atom stereocenters. The van der Waals surface area contributed by atoms with Crippen LogP contribution in [0.4, 0.5) is 0 Å². The maximum Gasteiger partial charge on any atom is 0.0670 e. The lowest BCUT2D eigenvalue weighted by atomic mass is 10.3. The van der Waals surface area contributed by atoms with Crippen LogP contribution < -0.4 is 5.73 Å². The van der Waals surface area contributed by atoms with E-state index in [1.54, 1.807) is 0 Å². The zero-order valence-corrected chi connectivity index (χ0v) is 8.93. The summed E-state index contributed by atoms with van der Waals surface area (Å²) in [5.41, 5.74) is 5.31. The van der Waals surface area contributed by atoms with E-state index in [0.29, 0.717) is 17.9 Å². The first kappa shape index (κ1) is 11.3. The molecule has 1 aliphatic rings. The second kappa shape index (κ2) is 5.86. The molecule has 0 radical (unpaired) electrons. The van der Waals surface area contributed by atoms with Crippen LogP contribution in [-0.2, 0) is 4.74 Å². The van der Waals surface area contributed by atoms with Crippen molar-refractivity contribution in [2.75, 3.05) is 18.9 Å². The van der Waals surface area contributed by atoms with Crippen LogP contribution in [0.15, 0.2) is 0 Å². The Morgan fingerprint density at radius 3 is 3.00 bits per heavy atom. The van der Waals surface area contributed by atoms with Crippen LogP contribution in [0, 0.1) is 0 Å². The van der Waals surface area contributed by atoms with Gasteiger partial charge in [-0.05, 0) is 25.5 Å². The first-order valence-electron chi connectivity index (χ1n) is 4.85. The molecule has 0 spiro atoms. The molecule has 0 amide bonds. The lowest BCUT2D eigenvalue weighted by Crippen LogP contribution is -2.21. The van der Waals surface area contributed by atoms with Crippen molar-refractivity contribution in [3.63, 3.8) is 0 Å². The Balaban J connectivity index is 2.05. The SMILES string of the molecule is CC1OCCC1SCCC(O)CN. The highest BCUT2D eigenvalue weighted by molar-refractivity contribution is 7.99. The van der Waals surface area contributed by atoms with Gasteiger partial charge in [0, 0.05) is 18.4 Å². The van der Waals surface area contributed by atoms with Crippen LogP contribution in [0.5, 0.6) is 0 Å². The number of hydrogen-bond donors (Lipinski definition) is 2. The number of rotatable bonds is 5. The van der Waals surface area contributed by atoms with Crippen molar-refractivity contribution in [3.8, 4) is 0 Å². The third-order valence-corrected chi connectivity index (χ3v) is 3.88. The first-order valence-corrected chi connectivity index (χ1v) is 5.90. The highest BCUT2D eigenvalue weighted by atomic mass is 32.2. The number of thioether (sulfide) groups is 1. The molecule has 0 aromatic heterocycles. The Morgan fingerprint density at radius 1 is 1.69 bits per heavy atom. The van der Waals surface area contributed by atoms with E-state index in [-0.39, 0.29) is 6.10 Å². The van der Waals surface area contributed by atoms with Gasteiger partial charge in [-0.3, -0.25) is 0 Å². The normalized spacial score (nSPS) is 30.7. The minimum atomic E-state index is -0.329. The quantitative estimate of drug-likeness (QED) is 0.690. The zero-order valence-electron chi connectivity index (χ0n) is 8.11. The zero-order chi connectivity index (χ0) is 9.68. The number of aliphatic hydroxyl groups is 1. The monoisotopic (exact) mass is 205 g/mol. The third-order valence-electron chi connectivity index (χ3n) is 2.36. The Bertz CT molecular complexity index is 146. The summed E-state index contributed by atoms with van der Waals surface area (Å²) >= 11 is 1.90. The summed E-state index contributed by atoms with van der Waals surface area (Å²) in [6, 6.07) is 0. The van der Waals surface area contributed by atoms with Gasteiger partial charge in [0.15, 0.2) is 0 Å². The molecular weight excluding hydrogens is 186 g/mol. The fourth-order valence-corrected chi connectivity index (χ4v) is 2.73. The van der Waals surface area contributed by atoms with Gasteiger partial charge in [-0.2, -0.15) is 11.8 Å². The van der Waals surface area contributed by atoms with Crippen LogP contribution in [0.1, 0.15) is 19.8 Å². The van der Waals surface area contributed by atoms with E-state index in [1.165, 1.54) is 0 Å². The van der Waals surface area contributed by atoms with Crippen LogP contribution >= 0.6 is 11.8 Å². The summed E-state index contributed by atoms with van der Waals surface area (Å²) in [6.07, 6.45) is 1.99. The molecule has 3 unspecified atom stereocenters. The van der Waals surface area contributed by atoms with E-state index in [9.17, 15) is 5.11 Å². The molecule has 1 rings (SSSR count). The average molecular weight is 205 g/mol. The summed E-state index contributed by atoms with van der Waals surface area (Å²) in [7, 11) is 0. The Hall–Kier alpha value is 0.230. The Labute approximate surface area is 84.0 Å². The fourth-order valence-electron chi connectivity index (χ4n) is 1.40. The predicted octanol–water partition coefficient (Wildman–Crippen LogP) is 0.607. The molecular formula is C9H19NO2S. The van der Waals surface area contributed by atoms with E-state index >= 15 is 0 Å². The second-order valence-electron chi connectivity index (χ2n) is 3.45. The minimum absolute atomic E-state index is 0.329. The fraction of sp³-hybridized carbons (Fsp3) is 1.00. The highest BCUT2D eigenvalue weighted by Crippen LogP contribution is 2.26. The van der Waals surface area contributed by atoms with E-state index in [2.05, 4.69) is 6.92 Å². The van der Waals surface area contributed by atoms with Gasteiger partial charge in [-0.15, -0.1) is 0 Å². The van der Waals surface area contributed by atoms with Crippen molar-refractivity contribution in [3.05, 3.63) is 0 Å². The van der Waals surface area contributed by atoms with E-state index in [1.807, 2.05) is 11.8 Å². The van der Waals surface area contributed by atoms with E-state index in [4.69, 9.17) is 10.5 Å². The number of aliphatic hydroxyl groups excluding tert-OH is 1. The first-order chi connectivity index (χ1) is 6.24. The molecule has 0 aromatic rings. The van der Waals surface area contributed by atoms with E-state index in [0.717, 1.165) is 25.2 Å². The smallest absolute Gasteiger partial charge is 0.0670 e. The third kappa shape index (κ3) is 3.85. The maximum absolute atomic E-state index is 9.23. The van der Waals surface area contributed by atoms with Gasteiger partial charge >= 0.3 is 0 Å². The number of hydrogen-bond acceptors (Lipinski definition) is 4. The van der Waals surface area contributed by atoms with Crippen molar-refractivity contribution in [1.82, 2.24) is 0 Å². The molecule has 78 valence electrons. The molecule has 0 bridgehead atoms. The Kier molecular flexibility index (Phi) is 5.09. The summed E-state index contributed by atoms with van der Waals surface area (Å²) in [5, 5.41) is 9.84. The van der Waals surface area contributed by atoms with Crippen molar-refractivity contribution in [1.29, 1.82) is 0 Å². The van der Waals surface area contributed by atoms with Crippen LogP contribution in [0.3, 0.4) is 0 Å². The summed E-state index contributed by atoms with van der Waals surface area (Å²) in [5.74, 6) is 0.983. The van der Waals surface area contributed by atoms with Crippen LogP contribution in [0.25, 0.3) is 0 Å². The molecule has 1 heterocycles. The highest BCUT2D eigenvalue weighted by Gasteiger charge is 2.24. The Morgan fingerprint density at radius 2 is 2.46 bits per heavy atom. The van der Waals surface area contributed by atoms with Gasteiger partial charge in [0.2, 0.25) is 0 Å². The standard InChI is InChI=1S/C9H19NO2S/c1-7-9(2-4-12-7)13-5-3-8(11)6-10/h7-9,11H,2-6,10H2,1H3. The molecule has 3 N–H and O–H groups in total. The lowest BCUT2D eigenvalue weighted by Gasteiger charge is -2.14. The van der Waals surface area contributed by atoms with Crippen LogP contribution in [-0.4, -0.2) is 41.5 Å². The van der Waals surface area contributed by atoms with Crippen LogP contribution in [0.2, 0.25) is 0 Å². The van der Waals surface area contributed by atoms with Gasteiger partial charge in [0.05, 0.1) is 12.2 Å². The summed E-state index contributed by atoms with van der Waals surface area (Å²) in [4.78, 5) is 0. The number of ether oxygens (including phenoxy) is 1. The molecule has 4 heteroatoms. The van der Waals surface area contributed by atoms with Gasteiger partial charge < -0.3 is 15.6 Å². The lowest BCUT2D eigenvalue weighted by molar-refractivity contribution is 0.127. The largest absolute Gasteiger partial charge is 0.392 e. The van der Waals surface area contributed by atoms with Gasteiger partial charge in [0.25, 0.3) is 0 Å². The average Bonchev–Trinajstić information content (AvgIpc) is 2.52. The predicted molar refractivity (Wildman–Crippen MR) is 56.0 cm³/mol. The molecule has 0 saturated carbocycles. The molecule has 0 aliphatic carbocycles. The van der Waals surface area contributed by atoms with Gasteiger partial charge in [-0.25, -0.2) is 0 Å². The van der Waals surface area contributed by atoms with Gasteiger partial charge in [0.1, 0.15) is 0 Å². The van der Waals surface area contributed by atoms with Gasteiger partial charge in [-0.1, -0.05) is 0 Å². The van der Waals surface area contributed by atoms with Crippen molar-refractivity contribution >= 4 is 11.8 Å². The number of nitrogens with two attached hydrogens (primary N) is 1. The summed E-state index contributed by atoms with van der Waals surface area (Å²) in [6.45, 7) is 3.37. The minimum Gasteiger partial charge on any atom is -0.392 e. The molecule has 0 aromatic carbocycles. The van der Waals surface area contributed by atoms with Crippen molar-refractivity contribution in [2.24, 2.45) is 5.73 Å². The van der Waals surface area contributed by atoms with E-state index < -0.39 is 0 Å². The molecule has 1 aliphatic heterocycles. The van der Waals surface area contributed by atoms with Crippen molar-refractivity contribution in [2.45, 2.75) is 37.2 Å². The second-order valence-corrected chi connectivity index (χ2v) is 4.80. The molecule has 3 nitrogen and oxygen atoms in total. The molecule has 1 saturated heterocycles. The maximum atomic E-state index is 9.23. The molecule has 13 heavy (non-hydrogen) atoms. The molecule has 1 fully saturated rings. The topological polar surface area (TPSA) is 55.5 Å². The summed E-state index contributed by atoms with van der Waals surface area (Å²) < 4.78 is 5.44.